The number of aliphatic hydroxyl groups is 1. The summed E-state index contributed by atoms with van der Waals surface area (Å²) in [5.74, 6) is 0. The van der Waals surface area contributed by atoms with Crippen LogP contribution in [0.15, 0.2) is 0 Å². The molecule has 0 aromatic rings. The van der Waals surface area contributed by atoms with Gasteiger partial charge < -0.3 is 14.7 Å². The van der Waals surface area contributed by atoms with Crippen molar-refractivity contribution >= 4 is 15.1 Å². The molecule has 0 radical (unpaired) electrons. The molecule has 0 bridgehead atoms. The smallest absolute Gasteiger partial charge is 0.303 e. The summed E-state index contributed by atoms with van der Waals surface area (Å²) in [4.78, 5) is 21.6. The SMILES string of the molecule is CCCCCCCCCCCCCCCOCCOCCOCC[PH](CC)(CC)CC(C)O.O=P(O)(O)O. The summed E-state index contributed by atoms with van der Waals surface area (Å²) in [5, 5.41) is 9.79. The maximum atomic E-state index is 9.79. The molecule has 0 aliphatic heterocycles. The summed E-state index contributed by atoms with van der Waals surface area (Å²) in [6.45, 7) is 13.1. The van der Waals surface area contributed by atoms with Gasteiger partial charge in [0.25, 0.3) is 0 Å². The van der Waals surface area contributed by atoms with Crippen LogP contribution < -0.4 is 0 Å². The minimum absolute atomic E-state index is 0.181. The van der Waals surface area contributed by atoms with Crippen LogP contribution in [0, 0.1) is 0 Å². The fourth-order valence-electron chi connectivity index (χ4n) is 4.67. The Morgan fingerprint density at radius 3 is 1.32 bits per heavy atom. The summed E-state index contributed by atoms with van der Waals surface area (Å²) in [6, 6.07) is 0. The van der Waals surface area contributed by atoms with Crippen LogP contribution in [0.4, 0.5) is 0 Å². The van der Waals surface area contributed by atoms with Crippen molar-refractivity contribution in [3.63, 3.8) is 0 Å². The Bertz CT molecular complexity index is 505. The van der Waals surface area contributed by atoms with E-state index in [1.54, 1.807) is 0 Å². The van der Waals surface area contributed by atoms with E-state index in [9.17, 15) is 5.11 Å². The number of aliphatic hydroxyl groups excluding tert-OH is 1. The van der Waals surface area contributed by atoms with E-state index in [0.717, 1.165) is 25.5 Å². The first-order valence-electron chi connectivity index (χ1n) is 15.3. The number of rotatable bonds is 27. The molecule has 0 spiro atoms. The Balaban J connectivity index is 0. The Morgan fingerprint density at radius 2 is 0.947 bits per heavy atom. The Morgan fingerprint density at radius 1 is 0.605 bits per heavy atom. The van der Waals surface area contributed by atoms with Gasteiger partial charge in [0.15, 0.2) is 0 Å². The van der Waals surface area contributed by atoms with Crippen LogP contribution in [0.2, 0.25) is 0 Å². The zero-order valence-corrected chi connectivity index (χ0v) is 27.1. The molecule has 4 N–H and O–H groups in total. The second-order valence-electron chi connectivity index (χ2n) is 10.6. The van der Waals surface area contributed by atoms with Gasteiger partial charge in [-0.1, -0.05) is 77.6 Å². The number of phosphoric acid groups is 1. The molecule has 10 heteroatoms. The van der Waals surface area contributed by atoms with E-state index in [0.29, 0.717) is 26.4 Å². The largest absolute Gasteiger partial charge is 0.466 e. The minimum atomic E-state index is -4.64. The fraction of sp³-hybridized carbons (Fsp3) is 1.00. The molecule has 1 atom stereocenters. The average molecular weight is 591 g/mol. The molecule has 0 aromatic carbocycles. The molecule has 0 aliphatic carbocycles. The zero-order chi connectivity index (χ0) is 29.0. The van der Waals surface area contributed by atoms with E-state index < -0.39 is 15.1 Å². The van der Waals surface area contributed by atoms with Crippen LogP contribution >= 0.6 is 15.1 Å². The monoisotopic (exact) mass is 590 g/mol. The van der Waals surface area contributed by atoms with Crippen LogP contribution in [0.5, 0.6) is 0 Å². The van der Waals surface area contributed by atoms with Crippen molar-refractivity contribution in [1.82, 2.24) is 0 Å². The first-order chi connectivity index (χ1) is 18.1. The molecule has 0 saturated heterocycles. The molecule has 1 unspecified atom stereocenters. The number of ether oxygens (including phenoxy) is 3. The maximum absolute atomic E-state index is 9.79. The van der Waals surface area contributed by atoms with Gasteiger partial charge in [0.1, 0.15) is 0 Å². The summed E-state index contributed by atoms with van der Waals surface area (Å²) >= 11 is 0. The molecule has 0 amide bonds. The molecular weight excluding hydrogens is 526 g/mol. The van der Waals surface area contributed by atoms with Gasteiger partial charge in [-0.2, -0.15) is 0 Å². The Hall–Kier alpha value is 0.380. The van der Waals surface area contributed by atoms with Gasteiger partial charge in [0.05, 0.1) is 0 Å². The number of unbranched alkanes of at least 4 members (excludes halogenated alkanes) is 12. The predicted octanol–water partition coefficient (Wildman–Crippen LogP) is 6.37. The minimum Gasteiger partial charge on any atom is -0.303 e. The van der Waals surface area contributed by atoms with Crippen LogP contribution in [0.25, 0.3) is 0 Å². The normalized spacial score (nSPS) is 13.3. The van der Waals surface area contributed by atoms with Gasteiger partial charge in [0.2, 0.25) is 0 Å². The Kier molecular flexibility index (Phi) is 30.8. The summed E-state index contributed by atoms with van der Waals surface area (Å²) in [6.07, 6.45) is 22.4. The standard InChI is InChI=1S/C28H61O4P.H3O4P/c1-5-8-9-10-11-12-13-14-15-16-17-18-19-20-30-21-22-31-23-24-32-25-26-33(6-2,7-3)27-28(4)29;1-5(2,3)4/h28-29,33H,5-27H2,1-4H3;(H3,1,2,3,4). The Labute approximate surface area is 235 Å². The van der Waals surface area contributed by atoms with Crippen LogP contribution in [0.3, 0.4) is 0 Å². The molecular formula is C28H64O8P2. The van der Waals surface area contributed by atoms with Crippen molar-refractivity contribution < 1.29 is 38.6 Å². The first-order valence-corrected chi connectivity index (χ1v) is 19.7. The van der Waals surface area contributed by atoms with E-state index in [-0.39, 0.29) is 6.10 Å². The second-order valence-corrected chi connectivity index (χ2v) is 17.0. The van der Waals surface area contributed by atoms with Gasteiger partial charge >= 0.3 is 138 Å². The van der Waals surface area contributed by atoms with Crippen LogP contribution in [-0.4, -0.2) is 90.2 Å². The molecule has 0 aliphatic rings. The van der Waals surface area contributed by atoms with Gasteiger partial charge in [-0.15, -0.1) is 0 Å². The van der Waals surface area contributed by atoms with E-state index in [4.69, 9.17) is 33.5 Å². The molecule has 38 heavy (non-hydrogen) atoms. The van der Waals surface area contributed by atoms with Crippen molar-refractivity contribution in [3.05, 3.63) is 0 Å². The van der Waals surface area contributed by atoms with E-state index in [2.05, 4.69) is 20.8 Å². The number of hydrogen-bond donors (Lipinski definition) is 4. The number of hydrogen-bond acceptors (Lipinski definition) is 5. The van der Waals surface area contributed by atoms with E-state index in [1.807, 2.05) is 6.92 Å². The van der Waals surface area contributed by atoms with Crippen molar-refractivity contribution in [1.29, 1.82) is 0 Å². The average Bonchev–Trinajstić information content (AvgIpc) is 2.85. The fourth-order valence-corrected chi connectivity index (χ4v) is 8.49. The summed E-state index contributed by atoms with van der Waals surface area (Å²) in [7, 11) is -6.00. The third-order valence-corrected chi connectivity index (χ3v) is 12.9. The van der Waals surface area contributed by atoms with Crippen LogP contribution in [-0.2, 0) is 18.8 Å². The molecule has 0 rings (SSSR count). The summed E-state index contributed by atoms with van der Waals surface area (Å²) in [5.41, 5.74) is 0. The third kappa shape index (κ3) is 34.4. The zero-order valence-electron chi connectivity index (χ0n) is 25.2. The topological polar surface area (TPSA) is 126 Å². The van der Waals surface area contributed by atoms with Gasteiger partial charge in [-0.05, 0) is 0 Å². The van der Waals surface area contributed by atoms with Gasteiger partial charge in [0, 0.05) is 0 Å². The van der Waals surface area contributed by atoms with E-state index in [1.165, 1.54) is 95.8 Å². The molecule has 234 valence electrons. The first kappa shape index (κ1) is 40.5. The predicted molar refractivity (Wildman–Crippen MR) is 163 cm³/mol. The molecule has 8 nitrogen and oxygen atoms in total. The van der Waals surface area contributed by atoms with Crippen molar-refractivity contribution in [2.75, 3.05) is 64.3 Å². The molecule has 0 fully saturated rings. The van der Waals surface area contributed by atoms with Crippen LogP contribution in [0.1, 0.15) is 111 Å². The third-order valence-electron chi connectivity index (χ3n) is 7.14. The summed E-state index contributed by atoms with van der Waals surface area (Å²) < 4.78 is 26.0. The van der Waals surface area contributed by atoms with E-state index >= 15 is 0 Å². The quantitative estimate of drug-likeness (QED) is 0.0643. The maximum Gasteiger partial charge on any atom is 0.466 e. The van der Waals surface area contributed by atoms with Gasteiger partial charge in [-0.25, -0.2) is 4.57 Å². The molecule has 0 heterocycles. The van der Waals surface area contributed by atoms with Crippen molar-refractivity contribution in [2.45, 2.75) is 117 Å². The molecule has 0 aromatic heterocycles. The second kappa shape index (κ2) is 28.9. The van der Waals surface area contributed by atoms with Gasteiger partial charge in [-0.3, -0.25) is 0 Å². The van der Waals surface area contributed by atoms with Crippen molar-refractivity contribution in [3.8, 4) is 0 Å². The van der Waals surface area contributed by atoms with Crippen molar-refractivity contribution in [2.24, 2.45) is 0 Å². The molecule has 0 saturated carbocycles.